The van der Waals surface area contributed by atoms with Crippen LogP contribution >= 0.6 is 23.3 Å². The van der Waals surface area contributed by atoms with Crippen LogP contribution in [-0.4, -0.2) is 46.0 Å². The number of hydrogen-bond donors (Lipinski definition) is 4. The molecule has 9 nitrogen and oxygen atoms in total. The average Bonchev–Trinajstić information content (AvgIpc) is 2.79. The normalized spacial score (nSPS) is 15.3. The Morgan fingerprint density at radius 2 is 1.62 bits per heavy atom. The molecule has 0 saturated heterocycles. The fourth-order valence-electron chi connectivity index (χ4n) is 3.05. The van der Waals surface area contributed by atoms with Crippen molar-refractivity contribution in [3.63, 3.8) is 0 Å². The van der Waals surface area contributed by atoms with Crippen molar-refractivity contribution in [2.24, 2.45) is 5.92 Å². The summed E-state index contributed by atoms with van der Waals surface area (Å²) in [5.74, 6) is -4.07. The second kappa shape index (κ2) is 12.7. The number of benzene rings is 2. The van der Waals surface area contributed by atoms with Crippen LogP contribution < -0.4 is 10.6 Å². The highest BCUT2D eigenvalue weighted by Gasteiger charge is 2.35. The minimum Gasteiger partial charge on any atom is -0.480 e. The van der Waals surface area contributed by atoms with Crippen LogP contribution in [0.1, 0.15) is 25.0 Å². The molecule has 4 atom stereocenters. The lowest BCUT2D eigenvalue weighted by Gasteiger charge is -2.25. The zero-order valence-electron chi connectivity index (χ0n) is 18.8. The number of alkyl carbamates (subject to hydrolysis) is 1. The first kappa shape index (κ1) is 27.6. The Morgan fingerprint density at radius 3 is 2.21 bits per heavy atom. The van der Waals surface area contributed by atoms with Gasteiger partial charge >= 0.3 is 12.1 Å². The van der Waals surface area contributed by atoms with Gasteiger partial charge in [-0.25, -0.2) is 4.79 Å². The van der Waals surface area contributed by atoms with Gasteiger partial charge in [0.05, 0.1) is 5.92 Å². The summed E-state index contributed by atoms with van der Waals surface area (Å²) in [5, 5.41) is 13.8. The summed E-state index contributed by atoms with van der Waals surface area (Å²) >= 11 is 3.33. The minimum absolute atomic E-state index is 0.00318. The molecule has 0 spiro atoms. The quantitative estimate of drug-likeness (QED) is 0.310. The molecule has 0 aromatic heterocycles. The van der Waals surface area contributed by atoms with Crippen molar-refractivity contribution in [2.45, 2.75) is 38.7 Å². The fourth-order valence-corrected chi connectivity index (χ4v) is 4.86. The van der Waals surface area contributed by atoms with Crippen molar-refractivity contribution in [3.8, 4) is 0 Å². The van der Waals surface area contributed by atoms with Gasteiger partial charge in [-0.2, -0.15) is 0 Å². The van der Waals surface area contributed by atoms with Crippen LogP contribution in [0.4, 0.5) is 4.79 Å². The molecule has 11 heteroatoms. The monoisotopic (exact) mass is 554 g/mol. The van der Waals surface area contributed by atoms with Gasteiger partial charge in [-0.1, -0.05) is 58.4 Å². The zero-order valence-corrected chi connectivity index (χ0v) is 21.3. The number of hydrogen-bond acceptors (Lipinski definition) is 5. The maximum absolute atomic E-state index is 13.1. The van der Waals surface area contributed by atoms with Gasteiger partial charge in [0.15, 0.2) is 0 Å². The number of carboxylic acid groups (broad SMARTS) is 1. The highest BCUT2D eigenvalue weighted by atomic mass is 79.9. The van der Waals surface area contributed by atoms with E-state index in [9.17, 15) is 23.8 Å². The number of carbonyl (C=O) groups excluding carboxylic acids is 2. The first-order chi connectivity index (χ1) is 16.0. The number of carboxylic acids is 1. The van der Waals surface area contributed by atoms with Gasteiger partial charge < -0.3 is 25.4 Å². The first-order valence-corrected chi connectivity index (χ1v) is 13.2. The number of amides is 2. The number of carbonyl (C=O) groups is 3. The summed E-state index contributed by atoms with van der Waals surface area (Å²) < 4.78 is 19.0. The number of aliphatic carboxylic acids is 1. The van der Waals surface area contributed by atoms with Gasteiger partial charge in [0.25, 0.3) is 0 Å². The molecule has 4 N–H and O–H groups in total. The molecule has 2 amide bonds. The van der Waals surface area contributed by atoms with E-state index in [1.165, 1.54) is 13.8 Å². The van der Waals surface area contributed by atoms with Crippen LogP contribution in [0.5, 0.6) is 0 Å². The fraction of sp³-hybridized carbons (Fsp3) is 0.348. The third kappa shape index (κ3) is 8.93. The van der Waals surface area contributed by atoms with Crippen LogP contribution in [0.2, 0.25) is 0 Å². The van der Waals surface area contributed by atoms with Gasteiger partial charge in [0.1, 0.15) is 18.4 Å². The standard InChI is InChI=1S/C23H28BrN2O7P/c1-15(22(28)29)25-21(27)19(12-17-8-10-20(24)11-9-17)14-34(31,32)16(2)26-23(30)33-13-18-6-4-3-5-7-18/h3-11,15-16,19H,12-14H2,1-2H3,(H,25,27)(H,26,30)(H,28,29)(H,31,32). The Balaban J connectivity index is 2.07. The van der Waals surface area contributed by atoms with Crippen LogP contribution in [-0.2, 0) is 31.9 Å². The highest BCUT2D eigenvalue weighted by molar-refractivity contribution is 9.10. The Morgan fingerprint density at radius 1 is 1.00 bits per heavy atom. The van der Waals surface area contributed by atoms with E-state index in [1.54, 1.807) is 48.5 Å². The van der Waals surface area contributed by atoms with E-state index in [1.807, 2.05) is 6.07 Å². The number of halogens is 1. The van der Waals surface area contributed by atoms with Crippen molar-refractivity contribution in [1.29, 1.82) is 0 Å². The van der Waals surface area contributed by atoms with Gasteiger partial charge in [0.2, 0.25) is 13.3 Å². The van der Waals surface area contributed by atoms with Crippen LogP contribution in [0.15, 0.2) is 59.1 Å². The second-order valence-corrected chi connectivity index (χ2v) is 11.5. The van der Waals surface area contributed by atoms with Crippen molar-refractivity contribution >= 4 is 41.3 Å². The summed E-state index contributed by atoms with van der Waals surface area (Å²) in [5.41, 5.74) is 1.49. The molecular formula is C23H28BrN2O7P. The maximum atomic E-state index is 13.1. The van der Waals surface area contributed by atoms with Crippen molar-refractivity contribution < 1.29 is 33.7 Å². The molecule has 0 heterocycles. The smallest absolute Gasteiger partial charge is 0.408 e. The third-order valence-corrected chi connectivity index (χ3v) is 7.95. The van der Waals surface area contributed by atoms with E-state index in [4.69, 9.17) is 9.84 Å². The topological polar surface area (TPSA) is 142 Å². The predicted molar refractivity (Wildman–Crippen MR) is 130 cm³/mol. The summed E-state index contributed by atoms with van der Waals surface area (Å²) in [6, 6.07) is 14.9. The molecule has 0 aliphatic rings. The van der Waals surface area contributed by atoms with Gasteiger partial charge in [-0.15, -0.1) is 0 Å². The van der Waals surface area contributed by atoms with Crippen LogP contribution in [0.25, 0.3) is 0 Å². The van der Waals surface area contributed by atoms with Gasteiger partial charge in [-0.3, -0.25) is 14.2 Å². The highest BCUT2D eigenvalue weighted by Crippen LogP contribution is 2.47. The van der Waals surface area contributed by atoms with E-state index in [0.29, 0.717) is 0 Å². The molecular weight excluding hydrogens is 527 g/mol. The molecule has 0 fully saturated rings. The Bertz CT molecular complexity index is 1030. The Hall–Kier alpha value is -2.68. The average molecular weight is 555 g/mol. The number of rotatable bonds is 11. The molecule has 2 rings (SSSR count). The molecule has 0 aliphatic heterocycles. The molecule has 2 aromatic rings. The number of ether oxygens (including phenoxy) is 1. The maximum Gasteiger partial charge on any atom is 0.408 e. The SMILES string of the molecule is CC(NC(=O)C(Cc1ccc(Br)cc1)CP(=O)(O)C(C)NC(=O)OCc1ccccc1)C(=O)O. The molecule has 0 aliphatic carbocycles. The van der Waals surface area contributed by atoms with Crippen molar-refractivity contribution in [1.82, 2.24) is 10.6 Å². The summed E-state index contributed by atoms with van der Waals surface area (Å²) in [6.07, 6.45) is -1.21. The summed E-state index contributed by atoms with van der Waals surface area (Å²) in [6.45, 7) is 2.66. The lowest BCUT2D eigenvalue weighted by molar-refractivity contribution is -0.141. The largest absolute Gasteiger partial charge is 0.480 e. The minimum atomic E-state index is -4.09. The lowest BCUT2D eigenvalue weighted by atomic mass is 10.00. The van der Waals surface area contributed by atoms with E-state index in [-0.39, 0.29) is 13.0 Å². The zero-order chi connectivity index (χ0) is 25.3. The summed E-state index contributed by atoms with van der Waals surface area (Å²) in [7, 11) is -4.09. The molecule has 0 saturated carbocycles. The molecule has 0 bridgehead atoms. The van der Waals surface area contributed by atoms with Crippen LogP contribution in [0.3, 0.4) is 0 Å². The van der Waals surface area contributed by atoms with E-state index < -0.39 is 49.2 Å². The summed E-state index contributed by atoms with van der Waals surface area (Å²) in [4.78, 5) is 46.7. The van der Waals surface area contributed by atoms with E-state index in [2.05, 4.69) is 26.6 Å². The lowest BCUT2D eigenvalue weighted by Crippen LogP contribution is -2.44. The molecule has 2 aromatic carbocycles. The Labute approximate surface area is 206 Å². The predicted octanol–water partition coefficient (Wildman–Crippen LogP) is 3.74. The van der Waals surface area contributed by atoms with Crippen molar-refractivity contribution in [2.75, 3.05) is 6.16 Å². The number of nitrogens with one attached hydrogen (secondary N) is 2. The van der Waals surface area contributed by atoms with Crippen LogP contribution in [0, 0.1) is 5.92 Å². The second-order valence-electron chi connectivity index (χ2n) is 7.92. The van der Waals surface area contributed by atoms with Gasteiger partial charge in [0, 0.05) is 10.6 Å². The molecule has 34 heavy (non-hydrogen) atoms. The molecule has 0 radical (unpaired) electrons. The van der Waals surface area contributed by atoms with E-state index in [0.717, 1.165) is 15.6 Å². The first-order valence-electron chi connectivity index (χ1n) is 10.5. The third-order valence-electron chi connectivity index (χ3n) is 5.12. The van der Waals surface area contributed by atoms with E-state index >= 15 is 0 Å². The molecule has 184 valence electrons. The van der Waals surface area contributed by atoms with Crippen molar-refractivity contribution in [3.05, 3.63) is 70.2 Å². The molecule has 4 unspecified atom stereocenters. The Kier molecular flexibility index (Phi) is 10.3. The van der Waals surface area contributed by atoms with Gasteiger partial charge in [-0.05, 0) is 43.5 Å².